The van der Waals surface area contributed by atoms with Gasteiger partial charge in [0, 0.05) is 6.26 Å². The average Bonchev–Trinajstić information content (AvgIpc) is 2.12. The lowest BCUT2D eigenvalue weighted by molar-refractivity contribution is 0.141. The van der Waals surface area contributed by atoms with Gasteiger partial charge in [-0.3, -0.25) is 0 Å². The van der Waals surface area contributed by atoms with Gasteiger partial charge in [0.15, 0.2) is 9.84 Å². The van der Waals surface area contributed by atoms with Crippen LogP contribution in [-0.2, 0) is 26.8 Å². The first-order valence-electron chi connectivity index (χ1n) is 4.58. The van der Waals surface area contributed by atoms with Gasteiger partial charge in [-0.05, 0) is 17.5 Å². The van der Waals surface area contributed by atoms with Crippen molar-refractivity contribution in [2.75, 3.05) is 12.9 Å². The van der Waals surface area contributed by atoms with E-state index in [2.05, 4.69) is 4.84 Å². The Morgan fingerprint density at radius 2 is 2.00 bits per heavy atom. The third-order valence-corrected chi connectivity index (χ3v) is 2.79. The first-order chi connectivity index (χ1) is 7.01. The Morgan fingerprint density at radius 1 is 1.33 bits per heavy atom. The molecule has 0 unspecified atom stereocenters. The van der Waals surface area contributed by atoms with Gasteiger partial charge in [0.2, 0.25) is 0 Å². The monoisotopic (exact) mass is 229 g/mol. The fourth-order valence-electron chi connectivity index (χ4n) is 1.35. The van der Waals surface area contributed by atoms with Crippen molar-refractivity contribution in [3.8, 4) is 0 Å². The Hall–Kier alpha value is -0.910. The molecule has 15 heavy (non-hydrogen) atoms. The van der Waals surface area contributed by atoms with Crippen LogP contribution in [0.25, 0.3) is 0 Å². The number of benzene rings is 1. The molecule has 0 fully saturated rings. The molecular weight excluding hydrogens is 214 g/mol. The first kappa shape index (κ1) is 12.2. The molecule has 0 amide bonds. The fourth-order valence-corrected chi connectivity index (χ4v) is 2.14. The summed E-state index contributed by atoms with van der Waals surface area (Å²) in [6, 6.07) is 7.42. The van der Waals surface area contributed by atoms with Gasteiger partial charge in [-0.25, -0.2) is 14.3 Å². The van der Waals surface area contributed by atoms with Crippen molar-refractivity contribution in [2.45, 2.75) is 12.2 Å². The van der Waals surface area contributed by atoms with E-state index in [0.717, 1.165) is 11.1 Å². The molecule has 0 spiro atoms. The lowest BCUT2D eigenvalue weighted by atomic mass is 10.1. The normalized spacial score (nSPS) is 11.6. The predicted octanol–water partition coefficient (Wildman–Crippen LogP) is 0.664. The summed E-state index contributed by atoms with van der Waals surface area (Å²) in [5.74, 6) is 4.99. The van der Waals surface area contributed by atoms with Crippen LogP contribution < -0.4 is 5.90 Å². The Labute approximate surface area is 89.9 Å². The summed E-state index contributed by atoms with van der Waals surface area (Å²) < 4.78 is 22.2. The maximum Gasteiger partial charge on any atom is 0.151 e. The van der Waals surface area contributed by atoms with Crippen molar-refractivity contribution in [3.05, 3.63) is 35.4 Å². The molecule has 0 saturated carbocycles. The van der Waals surface area contributed by atoms with Crippen LogP contribution in [0.3, 0.4) is 0 Å². The molecule has 0 aliphatic carbocycles. The number of sulfone groups is 1. The summed E-state index contributed by atoms with van der Waals surface area (Å²) in [6.45, 7) is 0.433. The summed E-state index contributed by atoms with van der Waals surface area (Å²) >= 11 is 0. The van der Waals surface area contributed by atoms with Gasteiger partial charge in [-0.1, -0.05) is 24.3 Å². The van der Waals surface area contributed by atoms with Crippen molar-refractivity contribution in [3.63, 3.8) is 0 Å². The van der Waals surface area contributed by atoms with Crippen LogP contribution in [0, 0.1) is 0 Å². The van der Waals surface area contributed by atoms with Crippen LogP contribution in [0.4, 0.5) is 0 Å². The van der Waals surface area contributed by atoms with Gasteiger partial charge in [0.25, 0.3) is 0 Å². The molecule has 0 saturated heterocycles. The minimum atomic E-state index is -2.97. The van der Waals surface area contributed by atoms with E-state index in [-0.39, 0.29) is 5.75 Å². The Balaban J connectivity index is 2.74. The summed E-state index contributed by atoms with van der Waals surface area (Å²) in [5, 5.41) is 0. The zero-order valence-corrected chi connectivity index (χ0v) is 9.46. The molecule has 2 N–H and O–H groups in total. The lowest BCUT2D eigenvalue weighted by Crippen LogP contribution is -2.05. The van der Waals surface area contributed by atoms with E-state index in [9.17, 15) is 8.42 Å². The Morgan fingerprint density at radius 3 is 2.60 bits per heavy atom. The summed E-state index contributed by atoms with van der Waals surface area (Å²) in [7, 11) is -2.97. The van der Waals surface area contributed by atoms with Crippen molar-refractivity contribution >= 4 is 9.84 Å². The number of hydrogen-bond donors (Lipinski definition) is 1. The predicted molar refractivity (Wildman–Crippen MR) is 58.8 cm³/mol. The second-order valence-electron chi connectivity index (χ2n) is 3.51. The maximum atomic E-state index is 11.1. The number of hydrogen-bond acceptors (Lipinski definition) is 4. The van der Waals surface area contributed by atoms with Crippen molar-refractivity contribution in [1.29, 1.82) is 0 Å². The molecule has 4 nitrogen and oxygen atoms in total. The molecule has 0 radical (unpaired) electrons. The standard InChI is InChI=1S/C10H15NO3S/c1-15(12,13)8-10-4-2-3-9(7-10)5-6-14-11/h2-4,7H,5-6,8,11H2,1H3. The fraction of sp³-hybridized carbons (Fsp3) is 0.400. The third-order valence-electron chi connectivity index (χ3n) is 1.93. The molecule has 0 aliphatic heterocycles. The van der Waals surface area contributed by atoms with Crippen molar-refractivity contribution in [2.24, 2.45) is 5.90 Å². The van der Waals surface area contributed by atoms with E-state index >= 15 is 0 Å². The highest BCUT2D eigenvalue weighted by molar-refractivity contribution is 7.89. The van der Waals surface area contributed by atoms with E-state index in [4.69, 9.17) is 5.90 Å². The number of rotatable bonds is 5. The summed E-state index contributed by atoms with van der Waals surface area (Å²) in [6.07, 6.45) is 1.91. The molecule has 0 aromatic heterocycles. The molecule has 84 valence electrons. The highest BCUT2D eigenvalue weighted by atomic mass is 32.2. The van der Waals surface area contributed by atoms with Crippen LogP contribution in [0.5, 0.6) is 0 Å². The second kappa shape index (κ2) is 5.25. The topological polar surface area (TPSA) is 69.4 Å². The van der Waals surface area contributed by atoms with Crippen molar-refractivity contribution in [1.82, 2.24) is 0 Å². The Kier molecular flexibility index (Phi) is 4.26. The van der Waals surface area contributed by atoms with Crippen LogP contribution in [0.15, 0.2) is 24.3 Å². The van der Waals surface area contributed by atoms with Crippen LogP contribution in [0.2, 0.25) is 0 Å². The van der Waals surface area contributed by atoms with E-state index < -0.39 is 9.84 Å². The van der Waals surface area contributed by atoms with Crippen molar-refractivity contribution < 1.29 is 13.3 Å². The quantitative estimate of drug-likeness (QED) is 0.753. The van der Waals surface area contributed by atoms with Crippen LogP contribution >= 0.6 is 0 Å². The van der Waals surface area contributed by atoms with Crippen LogP contribution in [0.1, 0.15) is 11.1 Å². The molecule has 0 aliphatic rings. The van der Waals surface area contributed by atoms with Gasteiger partial charge in [0.1, 0.15) is 0 Å². The van der Waals surface area contributed by atoms with E-state index in [0.29, 0.717) is 13.0 Å². The zero-order chi connectivity index (χ0) is 11.3. The molecule has 1 rings (SSSR count). The highest BCUT2D eigenvalue weighted by Gasteiger charge is 2.04. The second-order valence-corrected chi connectivity index (χ2v) is 5.65. The third kappa shape index (κ3) is 4.92. The summed E-state index contributed by atoms with van der Waals surface area (Å²) in [5.41, 5.74) is 1.83. The van der Waals surface area contributed by atoms with Gasteiger partial charge in [0.05, 0.1) is 12.4 Å². The first-order valence-corrected chi connectivity index (χ1v) is 6.64. The summed E-state index contributed by atoms with van der Waals surface area (Å²) in [4.78, 5) is 4.47. The minimum Gasteiger partial charge on any atom is -0.304 e. The minimum absolute atomic E-state index is 0.0737. The van der Waals surface area contributed by atoms with E-state index in [1.54, 1.807) is 6.07 Å². The molecule has 1 aromatic rings. The molecule has 0 bridgehead atoms. The van der Waals surface area contributed by atoms with Crippen LogP contribution in [-0.4, -0.2) is 21.3 Å². The van der Waals surface area contributed by atoms with E-state index in [1.807, 2.05) is 18.2 Å². The largest absolute Gasteiger partial charge is 0.304 e. The smallest absolute Gasteiger partial charge is 0.151 e. The average molecular weight is 229 g/mol. The SMILES string of the molecule is CS(=O)(=O)Cc1cccc(CCON)c1. The molecule has 1 aromatic carbocycles. The van der Waals surface area contributed by atoms with E-state index in [1.165, 1.54) is 6.26 Å². The maximum absolute atomic E-state index is 11.1. The Bertz CT molecular complexity index is 414. The molecule has 5 heteroatoms. The van der Waals surface area contributed by atoms with Gasteiger partial charge in [-0.2, -0.15) is 0 Å². The number of nitrogens with two attached hydrogens (primary N) is 1. The highest BCUT2D eigenvalue weighted by Crippen LogP contribution is 2.09. The lowest BCUT2D eigenvalue weighted by Gasteiger charge is -2.03. The molecule has 0 atom stereocenters. The molecule has 0 heterocycles. The van der Waals surface area contributed by atoms with Gasteiger partial charge < -0.3 is 4.84 Å². The molecular formula is C10H15NO3S. The zero-order valence-electron chi connectivity index (χ0n) is 8.64. The van der Waals surface area contributed by atoms with Gasteiger partial charge >= 0.3 is 0 Å². The van der Waals surface area contributed by atoms with Gasteiger partial charge in [-0.15, -0.1) is 0 Å².